The summed E-state index contributed by atoms with van der Waals surface area (Å²) >= 11 is 0. The van der Waals surface area contributed by atoms with Crippen LogP contribution in [-0.4, -0.2) is 25.8 Å². The molecule has 0 amide bonds. The summed E-state index contributed by atoms with van der Waals surface area (Å²) in [6.45, 7) is 0. The fraction of sp³-hybridized carbons (Fsp3) is 0.0172. The van der Waals surface area contributed by atoms with Crippen LogP contribution in [0.2, 0.25) is 0 Å². The molecule has 0 spiro atoms. The summed E-state index contributed by atoms with van der Waals surface area (Å²) < 4.78 is 11.2. The van der Waals surface area contributed by atoms with Crippen LogP contribution in [0.15, 0.2) is 233 Å². The third-order valence-electron chi connectivity index (χ3n) is 12.6. The molecule has 9 aromatic carbocycles. The largest absolute Gasteiger partial charge is 0.456 e. The molecule has 0 bridgehead atoms. The number of nitrogens with one attached hydrogen (secondary N) is 1. The second kappa shape index (κ2) is 14.9. The number of aromatic nitrogens is 3. The zero-order valence-electron chi connectivity index (χ0n) is 35.0. The van der Waals surface area contributed by atoms with Gasteiger partial charge < -0.3 is 14.3 Å². The molecular formula is C58H38N6O. The van der Waals surface area contributed by atoms with E-state index in [9.17, 15) is 0 Å². The number of para-hydroxylation sites is 3. The van der Waals surface area contributed by atoms with Crippen molar-refractivity contribution in [1.29, 1.82) is 0 Å². The van der Waals surface area contributed by atoms with E-state index in [0.717, 1.165) is 106 Å². The zero-order chi connectivity index (χ0) is 42.8. The Morgan fingerprint density at radius 2 is 0.985 bits per heavy atom. The predicted molar refractivity (Wildman–Crippen MR) is 265 cm³/mol. The smallest absolute Gasteiger partial charge is 0.170 e. The molecule has 0 fully saturated rings. The molecule has 3 aromatic heterocycles. The van der Waals surface area contributed by atoms with Crippen LogP contribution in [0.1, 0.15) is 22.9 Å². The summed E-state index contributed by atoms with van der Waals surface area (Å²) in [5.41, 5.74) is 14.3. The SMILES string of the molecule is c1ccc(C2=NC(c3cccc4oc5ccc(-c6ccc7c(c6)c6ccccc6n7-c6cccc(-n7c(-c8ccccc8)nc8ccccc87)c6)cc5c34)N=C(c3ccccc3)N2)cc1. The Morgan fingerprint density at radius 3 is 1.72 bits per heavy atom. The van der Waals surface area contributed by atoms with Crippen molar-refractivity contribution in [2.75, 3.05) is 0 Å². The lowest BCUT2D eigenvalue weighted by Gasteiger charge is -2.22. The van der Waals surface area contributed by atoms with Gasteiger partial charge in [-0.25, -0.2) is 15.0 Å². The van der Waals surface area contributed by atoms with Gasteiger partial charge in [-0.05, 0) is 77.9 Å². The summed E-state index contributed by atoms with van der Waals surface area (Å²) in [6, 6.07) is 76.3. The van der Waals surface area contributed by atoms with Crippen molar-refractivity contribution in [2.45, 2.75) is 6.17 Å². The molecule has 0 saturated carbocycles. The molecule has 0 saturated heterocycles. The van der Waals surface area contributed by atoms with Crippen LogP contribution < -0.4 is 5.32 Å². The van der Waals surface area contributed by atoms with Crippen LogP contribution in [0.4, 0.5) is 0 Å². The van der Waals surface area contributed by atoms with E-state index < -0.39 is 6.17 Å². The first-order valence-corrected chi connectivity index (χ1v) is 21.9. The standard InChI is InChI=1S/C58H38N6O/c1-4-16-37(17-5-1)55-60-56(38-18-6-2-7-19-38)62-57(61-55)45-25-15-29-53-54(45)47-35-41(31-33-52(47)65-53)40-30-32-50-46(34-40)44-24-10-12-27-49(44)63(50)42-22-14-23-43(36-42)64-51-28-13-11-26-48(51)59-58(64)39-20-8-3-9-21-39/h1-36,57H,(H,60,61,62). The maximum atomic E-state index is 6.55. The highest BCUT2D eigenvalue weighted by molar-refractivity contribution is 6.17. The minimum Gasteiger partial charge on any atom is -0.456 e. The van der Waals surface area contributed by atoms with Crippen LogP contribution in [0.5, 0.6) is 0 Å². The number of hydrogen-bond donors (Lipinski definition) is 1. The lowest BCUT2D eigenvalue weighted by molar-refractivity contribution is 0.667. The summed E-state index contributed by atoms with van der Waals surface area (Å²) in [6.07, 6.45) is -0.492. The first-order chi connectivity index (χ1) is 32.2. The Hall–Kier alpha value is -8.81. The van der Waals surface area contributed by atoms with Gasteiger partial charge in [-0.1, -0.05) is 152 Å². The fourth-order valence-corrected chi connectivity index (χ4v) is 9.59. The number of imidazole rings is 1. The van der Waals surface area contributed by atoms with Gasteiger partial charge in [0.05, 0.1) is 22.1 Å². The van der Waals surface area contributed by atoms with Crippen LogP contribution in [0.3, 0.4) is 0 Å². The average molecular weight is 835 g/mol. The molecule has 12 aromatic rings. The topological polar surface area (TPSA) is 72.6 Å². The van der Waals surface area contributed by atoms with Gasteiger partial charge in [0.15, 0.2) is 6.17 Å². The van der Waals surface area contributed by atoms with Crippen molar-refractivity contribution in [2.24, 2.45) is 9.98 Å². The number of aliphatic imine (C=N–C) groups is 2. The first-order valence-electron chi connectivity index (χ1n) is 21.9. The molecule has 0 radical (unpaired) electrons. The van der Waals surface area contributed by atoms with E-state index in [4.69, 9.17) is 19.4 Å². The summed E-state index contributed by atoms with van der Waals surface area (Å²) in [5.74, 6) is 2.47. The van der Waals surface area contributed by atoms with E-state index in [1.807, 2.05) is 60.7 Å². The number of hydrogen-bond acceptors (Lipinski definition) is 5. The highest BCUT2D eigenvalue weighted by Crippen LogP contribution is 2.41. The van der Waals surface area contributed by atoms with Gasteiger partial charge in [0.25, 0.3) is 0 Å². The summed E-state index contributed by atoms with van der Waals surface area (Å²) in [7, 11) is 0. The molecular weight excluding hydrogens is 797 g/mol. The Balaban J connectivity index is 0.936. The number of rotatable bonds is 7. The van der Waals surface area contributed by atoms with Crippen molar-refractivity contribution < 1.29 is 4.42 Å². The van der Waals surface area contributed by atoms with Gasteiger partial charge in [-0.15, -0.1) is 0 Å². The molecule has 13 rings (SSSR count). The average Bonchev–Trinajstić information content (AvgIpc) is 4.07. The number of fused-ring (bicyclic) bond motifs is 7. The normalized spacial score (nSPS) is 13.2. The minimum absolute atomic E-state index is 0.492. The van der Waals surface area contributed by atoms with E-state index >= 15 is 0 Å². The van der Waals surface area contributed by atoms with Crippen molar-refractivity contribution in [1.82, 2.24) is 19.4 Å². The van der Waals surface area contributed by atoms with E-state index in [2.05, 4.69) is 172 Å². The zero-order valence-corrected chi connectivity index (χ0v) is 35.0. The molecule has 0 atom stereocenters. The number of nitrogens with zero attached hydrogens (tertiary/aromatic N) is 5. The molecule has 306 valence electrons. The Kier molecular flexibility index (Phi) is 8.45. The molecule has 1 aliphatic rings. The Bertz CT molecular complexity index is 3810. The van der Waals surface area contributed by atoms with E-state index in [1.54, 1.807) is 0 Å². The predicted octanol–water partition coefficient (Wildman–Crippen LogP) is 13.9. The van der Waals surface area contributed by atoms with Crippen LogP contribution in [0, 0.1) is 0 Å². The highest BCUT2D eigenvalue weighted by Gasteiger charge is 2.25. The Morgan fingerprint density at radius 1 is 0.400 bits per heavy atom. The third kappa shape index (κ3) is 6.16. The maximum Gasteiger partial charge on any atom is 0.170 e. The van der Waals surface area contributed by atoms with Crippen molar-refractivity contribution >= 4 is 66.4 Å². The van der Waals surface area contributed by atoms with Crippen LogP contribution in [0.25, 0.3) is 88.7 Å². The molecule has 1 aliphatic heterocycles. The van der Waals surface area contributed by atoms with Crippen LogP contribution >= 0.6 is 0 Å². The lowest BCUT2D eigenvalue weighted by atomic mass is 9.98. The van der Waals surface area contributed by atoms with Gasteiger partial charge >= 0.3 is 0 Å². The highest BCUT2D eigenvalue weighted by atomic mass is 16.3. The molecule has 7 heteroatoms. The van der Waals surface area contributed by atoms with Gasteiger partial charge in [0, 0.05) is 55.2 Å². The number of benzene rings is 9. The fourth-order valence-electron chi connectivity index (χ4n) is 9.59. The molecule has 0 unspecified atom stereocenters. The van der Waals surface area contributed by atoms with E-state index in [0.29, 0.717) is 0 Å². The van der Waals surface area contributed by atoms with Crippen molar-refractivity contribution in [3.8, 4) is 33.9 Å². The van der Waals surface area contributed by atoms with Crippen LogP contribution in [-0.2, 0) is 0 Å². The van der Waals surface area contributed by atoms with E-state index in [-0.39, 0.29) is 0 Å². The van der Waals surface area contributed by atoms with Gasteiger partial charge in [-0.2, -0.15) is 0 Å². The minimum atomic E-state index is -0.492. The number of furan rings is 1. The quantitative estimate of drug-likeness (QED) is 0.174. The molecule has 65 heavy (non-hydrogen) atoms. The first kappa shape index (κ1) is 36.8. The maximum absolute atomic E-state index is 6.55. The monoisotopic (exact) mass is 834 g/mol. The molecule has 0 aliphatic carbocycles. The van der Waals surface area contributed by atoms with Gasteiger partial charge in [-0.3, -0.25) is 4.57 Å². The molecule has 1 N–H and O–H groups in total. The summed E-state index contributed by atoms with van der Waals surface area (Å²) in [4.78, 5) is 15.6. The van der Waals surface area contributed by atoms with E-state index in [1.165, 1.54) is 10.8 Å². The van der Waals surface area contributed by atoms with Crippen molar-refractivity contribution in [3.05, 3.63) is 235 Å². The van der Waals surface area contributed by atoms with Gasteiger partial charge in [0.1, 0.15) is 28.7 Å². The second-order valence-electron chi connectivity index (χ2n) is 16.4. The third-order valence-corrected chi connectivity index (χ3v) is 12.6. The molecule has 4 heterocycles. The number of amidine groups is 2. The van der Waals surface area contributed by atoms with Crippen molar-refractivity contribution in [3.63, 3.8) is 0 Å². The Labute approximate surface area is 373 Å². The second-order valence-corrected chi connectivity index (χ2v) is 16.4. The van der Waals surface area contributed by atoms with Gasteiger partial charge in [0.2, 0.25) is 0 Å². The summed E-state index contributed by atoms with van der Waals surface area (Å²) in [5, 5.41) is 7.94. The molecule has 7 nitrogen and oxygen atoms in total. The lowest BCUT2D eigenvalue weighted by Crippen LogP contribution is -2.36.